The number of carbonyl (C=O) groups is 1. The zero-order valence-corrected chi connectivity index (χ0v) is 14.9. The third-order valence-electron chi connectivity index (χ3n) is 4.42. The number of thioether (sulfide) groups is 1. The molecule has 1 aromatic heterocycles. The quantitative estimate of drug-likeness (QED) is 0.735. The van der Waals surface area contributed by atoms with Crippen LogP contribution in [0.4, 0.5) is 4.39 Å². The molecule has 1 amide bonds. The van der Waals surface area contributed by atoms with Crippen LogP contribution in [0.5, 0.6) is 0 Å². The highest BCUT2D eigenvalue weighted by atomic mass is 32.2. The lowest BCUT2D eigenvalue weighted by Gasteiger charge is -2.25. The lowest BCUT2D eigenvalue weighted by molar-refractivity contribution is 0.0907. The fraction of sp³-hybridized carbons (Fsp3) is 0.200. The molecule has 2 heterocycles. The molecule has 132 valence electrons. The maximum absolute atomic E-state index is 13.6. The molecule has 26 heavy (non-hydrogen) atoms. The molecule has 0 fully saturated rings. The van der Waals surface area contributed by atoms with Crippen molar-refractivity contribution in [1.82, 2.24) is 5.32 Å². The van der Waals surface area contributed by atoms with E-state index in [4.69, 9.17) is 4.42 Å². The van der Waals surface area contributed by atoms with Gasteiger partial charge in [0.1, 0.15) is 11.4 Å². The van der Waals surface area contributed by atoms with E-state index < -0.39 is 5.91 Å². The summed E-state index contributed by atoms with van der Waals surface area (Å²) in [5.74, 6) is -0.0258. The molecule has 1 N–H and O–H groups in total. The number of aryl methyl sites for hydroxylation is 1. The van der Waals surface area contributed by atoms with E-state index >= 15 is 0 Å². The summed E-state index contributed by atoms with van der Waals surface area (Å²) in [5.41, 5.74) is 1.82. The van der Waals surface area contributed by atoms with Crippen LogP contribution in [0.1, 0.15) is 34.1 Å². The van der Waals surface area contributed by atoms with Crippen LogP contribution in [-0.4, -0.2) is 11.7 Å². The molecular formula is C20H16FNO3S. The molecule has 2 aromatic carbocycles. The number of benzene rings is 2. The summed E-state index contributed by atoms with van der Waals surface area (Å²) in [6.07, 6.45) is 0.684. The Balaban J connectivity index is 1.66. The van der Waals surface area contributed by atoms with Crippen LogP contribution in [-0.2, 0) is 0 Å². The Morgan fingerprint density at radius 3 is 2.92 bits per heavy atom. The highest BCUT2D eigenvalue weighted by Gasteiger charge is 2.24. The predicted octanol–water partition coefficient (Wildman–Crippen LogP) is 4.21. The van der Waals surface area contributed by atoms with Crippen LogP contribution < -0.4 is 10.7 Å². The second kappa shape index (κ2) is 6.61. The third-order valence-corrected chi connectivity index (χ3v) is 5.55. The first-order chi connectivity index (χ1) is 12.5. The van der Waals surface area contributed by atoms with E-state index in [-0.39, 0.29) is 23.0 Å². The number of nitrogens with one attached hydrogen (secondary N) is 1. The monoisotopic (exact) mass is 369 g/mol. The van der Waals surface area contributed by atoms with E-state index in [1.54, 1.807) is 30.0 Å². The molecule has 6 heteroatoms. The summed E-state index contributed by atoms with van der Waals surface area (Å²) in [6.45, 7) is 1.89. The molecule has 1 atom stereocenters. The van der Waals surface area contributed by atoms with Crippen molar-refractivity contribution in [2.45, 2.75) is 24.3 Å². The van der Waals surface area contributed by atoms with Crippen molar-refractivity contribution in [2.75, 3.05) is 5.75 Å². The first-order valence-electron chi connectivity index (χ1n) is 8.29. The molecule has 0 saturated heterocycles. The molecule has 3 aromatic rings. The van der Waals surface area contributed by atoms with E-state index in [0.717, 1.165) is 21.8 Å². The lowest BCUT2D eigenvalue weighted by Crippen LogP contribution is -2.31. The molecular weight excluding hydrogens is 353 g/mol. The number of hydrogen-bond acceptors (Lipinski definition) is 4. The van der Waals surface area contributed by atoms with Crippen LogP contribution in [0.3, 0.4) is 0 Å². The first kappa shape index (κ1) is 16.8. The largest absolute Gasteiger partial charge is 0.451 e. The van der Waals surface area contributed by atoms with Crippen molar-refractivity contribution in [3.63, 3.8) is 0 Å². The second-order valence-corrected chi connectivity index (χ2v) is 7.46. The van der Waals surface area contributed by atoms with Gasteiger partial charge in [0.2, 0.25) is 0 Å². The van der Waals surface area contributed by atoms with Crippen molar-refractivity contribution in [3.8, 4) is 0 Å². The van der Waals surface area contributed by atoms with Crippen LogP contribution in [0.2, 0.25) is 0 Å². The minimum Gasteiger partial charge on any atom is -0.451 e. The highest BCUT2D eigenvalue weighted by Crippen LogP contribution is 2.36. The number of rotatable bonds is 2. The number of hydrogen-bond donors (Lipinski definition) is 1. The minimum atomic E-state index is -0.475. The van der Waals surface area contributed by atoms with E-state index in [9.17, 15) is 14.0 Å². The summed E-state index contributed by atoms with van der Waals surface area (Å²) in [4.78, 5) is 25.9. The molecule has 1 aliphatic heterocycles. The van der Waals surface area contributed by atoms with Gasteiger partial charge in [-0.05, 0) is 49.2 Å². The number of fused-ring (bicyclic) bond motifs is 2. The van der Waals surface area contributed by atoms with E-state index in [1.807, 2.05) is 13.0 Å². The van der Waals surface area contributed by atoms with Gasteiger partial charge in [0.15, 0.2) is 11.2 Å². The standard InChI is InChI=1S/C20H16FNO3S/c1-11-2-4-17-14(8-11)16(23)10-18(25-17)20(24)22-15-6-7-26-19-5-3-12(21)9-13(15)19/h2-5,8-10,15H,6-7H2,1H3,(H,22,24)/t15-/m0/s1. The van der Waals surface area contributed by atoms with Crippen molar-refractivity contribution in [2.24, 2.45) is 0 Å². The summed E-state index contributed by atoms with van der Waals surface area (Å²) in [7, 11) is 0. The average molecular weight is 369 g/mol. The summed E-state index contributed by atoms with van der Waals surface area (Å²) in [5, 5.41) is 3.32. The Bertz CT molecular complexity index is 1080. The van der Waals surface area contributed by atoms with E-state index in [0.29, 0.717) is 17.4 Å². The van der Waals surface area contributed by atoms with Crippen molar-refractivity contribution >= 4 is 28.6 Å². The molecule has 0 aliphatic carbocycles. The van der Waals surface area contributed by atoms with Crippen LogP contribution >= 0.6 is 11.8 Å². The predicted molar refractivity (Wildman–Crippen MR) is 99.2 cm³/mol. The molecule has 0 radical (unpaired) electrons. The van der Waals surface area contributed by atoms with Gasteiger partial charge in [-0.25, -0.2) is 4.39 Å². The zero-order chi connectivity index (χ0) is 18.3. The molecule has 0 unspecified atom stereocenters. The van der Waals surface area contributed by atoms with Gasteiger partial charge in [0.05, 0.1) is 11.4 Å². The minimum absolute atomic E-state index is 0.0393. The van der Waals surface area contributed by atoms with Gasteiger partial charge in [0, 0.05) is 16.7 Å². The zero-order valence-electron chi connectivity index (χ0n) is 14.0. The van der Waals surface area contributed by atoms with Gasteiger partial charge in [-0.2, -0.15) is 0 Å². The van der Waals surface area contributed by atoms with Crippen LogP contribution in [0.15, 0.2) is 56.6 Å². The van der Waals surface area contributed by atoms with Gasteiger partial charge in [0.25, 0.3) is 5.91 Å². The topological polar surface area (TPSA) is 59.3 Å². The number of halogens is 1. The smallest absolute Gasteiger partial charge is 0.287 e. The molecule has 0 saturated carbocycles. The Morgan fingerprint density at radius 1 is 1.23 bits per heavy atom. The van der Waals surface area contributed by atoms with Crippen LogP contribution in [0.25, 0.3) is 11.0 Å². The molecule has 0 bridgehead atoms. The van der Waals surface area contributed by atoms with E-state index in [2.05, 4.69) is 5.32 Å². The second-order valence-electron chi connectivity index (χ2n) is 6.32. The Kier molecular flexibility index (Phi) is 4.28. The molecule has 4 rings (SSSR count). The lowest BCUT2D eigenvalue weighted by atomic mass is 10.0. The normalized spacial score (nSPS) is 16.3. The Labute approximate surface area is 153 Å². The van der Waals surface area contributed by atoms with Gasteiger partial charge in [-0.3, -0.25) is 9.59 Å². The number of carbonyl (C=O) groups excluding carboxylic acids is 1. The van der Waals surface area contributed by atoms with E-state index in [1.165, 1.54) is 18.2 Å². The summed E-state index contributed by atoms with van der Waals surface area (Å²) in [6, 6.07) is 10.7. The van der Waals surface area contributed by atoms with Gasteiger partial charge in [-0.15, -0.1) is 11.8 Å². The first-order valence-corrected chi connectivity index (χ1v) is 9.27. The number of amides is 1. The highest BCUT2D eigenvalue weighted by molar-refractivity contribution is 7.99. The summed E-state index contributed by atoms with van der Waals surface area (Å²) >= 11 is 1.64. The van der Waals surface area contributed by atoms with Gasteiger partial charge >= 0.3 is 0 Å². The van der Waals surface area contributed by atoms with Crippen molar-refractivity contribution in [3.05, 3.63) is 75.4 Å². The van der Waals surface area contributed by atoms with Crippen molar-refractivity contribution in [1.29, 1.82) is 0 Å². The molecule has 1 aliphatic rings. The third kappa shape index (κ3) is 3.12. The van der Waals surface area contributed by atoms with Crippen molar-refractivity contribution < 1.29 is 13.6 Å². The fourth-order valence-corrected chi connectivity index (χ4v) is 4.23. The van der Waals surface area contributed by atoms with Gasteiger partial charge in [-0.1, -0.05) is 11.6 Å². The Morgan fingerprint density at radius 2 is 2.08 bits per heavy atom. The molecule has 0 spiro atoms. The maximum Gasteiger partial charge on any atom is 0.287 e. The molecule has 4 nitrogen and oxygen atoms in total. The van der Waals surface area contributed by atoms with Gasteiger partial charge < -0.3 is 9.73 Å². The maximum atomic E-state index is 13.6. The Hall–Kier alpha value is -2.60. The average Bonchev–Trinajstić information content (AvgIpc) is 2.62. The SMILES string of the molecule is Cc1ccc2oc(C(=O)N[C@H]3CCSc4ccc(F)cc43)cc(=O)c2c1. The van der Waals surface area contributed by atoms with Crippen LogP contribution in [0, 0.1) is 12.7 Å². The fourth-order valence-electron chi connectivity index (χ4n) is 3.13. The summed E-state index contributed by atoms with van der Waals surface area (Å²) < 4.78 is 19.2.